The van der Waals surface area contributed by atoms with E-state index in [4.69, 9.17) is 0 Å². The Kier molecular flexibility index (Phi) is 4.37. The Hall–Kier alpha value is -1.01. The molecule has 0 spiro atoms. The highest BCUT2D eigenvalue weighted by molar-refractivity contribution is 5.74. The summed E-state index contributed by atoms with van der Waals surface area (Å²) in [6, 6.07) is -0.361. The quantitative estimate of drug-likeness (QED) is 0.744. The fourth-order valence-electron chi connectivity index (χ4n) is 2.55. The molecule has 3 heteroatoms. The second-order valence-electron chi connectivity index (χ2n) is 5.05. The molecule has 0 aromatic heterocycles. The molecule has 90 valence electrons. The molecule has 1 unspecified atom stereocenters. The van der Waals surface area contributed by atoms with E-state index in [2.05, 4.69) is 16.7 Å². The van der Waals surface area contributed by atoms with E-state index in [0.29, 0.717) is 0 Å². The minimum absolute atomic E-state index is 0.135. The third-order valence-electron chi connectivity index (χ3n) is 3.31. The van der Waals surface area contributed by atoms with Crippen molar-refractivity contribution in [2.45, 2.75) is 46.1 Å². The summed E-state index contributed by atoms with van der Waals surface area (Å²) in [5, 5.41) is 9.32. The van der Waals surface area contributed by atoms with Gasteiger partial charge in [-0.25, -0.2) is 0 Å². The molecule has 1 aliphatic heterocycles. The second kappa shape index (κ2) is 5.36. The molecule has 1 fully saturated rings. The van der Waals surface area contributed by atoms with Gasteiger partial charge in [-0.1, -0.05) is 13.8 Å². The number of piperidine rings is 1. The van der Waals surface area contributed by atoms with Crippen LogP contribution in [0, 0.1) is 17.3 Å². The summed E-state index contributed by atoms with van der Waals surface area (Å²) >= 11 is 0. The van der Waals surface area contributed by atoms with Gasteiger partial charge in [0.05, 0.1) is 0 Å². The smallest absolute Gasteiger partial charge is 0.321 e. The van der Waals surface area contributed by atoms with E-state index in [1.54, 1.807) is 0 Å². The molecule has 3 nitrogen and oxygen atoms in total. The van der Waals surface area contributed by atoms with E-state index >= 15 is 0 Å². The van der Waals surface area contributed by atoms with Crippen LogP contribution in [-0.2, 0) is 4.79 Å². The number of carboxylic acid groups (broad SMARTS) is 1. The van der Waals surface area contributed by atoms with Crippen LogP contribution >= 0.6 is 0 Å². The lowest BCUT2D eigenvalue weighted by atomic mass is 9.76. The molecule has 16 heavy (non-hydrogen) atoms. The summed E-state index contributed by atoms with van der Waals surface area (Å²) in [6.07, 6.45) is 2.83. The molecule has 1 heterocycles. The molecule has 0 aromatic carbocycles. The van der Waals surface area contributed by atoms with E-state index in [9.17, 15) is 9.90 Å². The van der Waals surface area contributed by atoms with Gasteiger partial charge in [-0.2, -0.15) is 0 Å². The first-order valence-electron chi connectivity index (χ1n) is 5.85. The lowest BCUT2D eigenvalue weighted by Crippen LogP contribution is -2.54. The van der Waals surface area contributed by atoms with Crippen molar-refractivity contribution in [3.8, 4) is 11.8 Å². The molecule has 1 rings (SSSR count). The molecular formula is C13H21NO2. The number of rotatable bonds is 3. The maximum absolute atomic E-state index is 11.3. The molecule has 1 saturated heterocycles. The van der Waals surface area contributed by atoms with Crippen molar-refractivity contribution in [1.29, 1.82) is 0 Å². The number of likely N-dealkylation sites (tertiary alicyclic amines) is 1. The predicted molar refractivity (Wildman–Crippen MR) is 64.1 cm³/mol. The first-order valence-corrected chi connectivity index (χ1v) is 5.85. The maximum Gasteiger partial charge on any atom is 0.321 e. The van der Waals surface area contributed by atoms with Crippen LogP contribution in [0.25, 0.3) is 0 Å². The zero-order valence-electron chi connectivity index (χ0n) is 10.4. The van der Waals surface area contributed by atoms with Crippen molar-refractivity contribution in [1.82, 2.24) is 4.90 Å². The normalized spacial score (nSPS) is 24.6. The molecule has 0 radical (unpaired) electrons. The molecule has 0 bridgehead atoms. The van der Waals surface area contributed by atoms with Crippen LogP contribution in [0.1, 0.15) is 40.0 Å². The minimum Gasteiger partial charge on any atom is -0.480 e. The van der Waals surface area contributed by atoms with Gasteiger partial charge in [0, 0.05) is 13.0 Å². The van der Waals surface area contributed by atoms with E-state index in [1.165, 1.54) is 0 Å². The number of aliphatic carboxylic acids is 1. The first kappa shape index (κ1) is 13.1. The molecular weight excluding hydrogens is 202 g/mol. The second-order valence-corrected chi connectivity index (χ2v) is 5.05. The lowest BCUT2D eigenvalue weighted by Gasteiger charge is -2.43. The molecule has 1 aliphatic rings. The van der Waals surface area contributed by atoms with Crippen LogP contribution in [0.3, 0.4) is 0 Å². The van der Waals surface area contributed by atoms with Gasteiger partial charge in [-0.05, 0) is 31.7 Å². The standard InChI is InChI=1S/C13H21NO2/c1-4-5-6-9-14-10-7-8-13(2,3)11(14)12(15)16/h11H,6-10H2,1-3H3,(H,15,16). The van der Waals surface area contributed by atoms with Gasteiger partial charge in [0.15, 0.2) is 0 Å². The van der Waals surface area contributed by atoms with Crippen LogP contribution in [0.4, 0.5) is 0 Å². The summed E-state index contributed by atoms with van der Waals surface area (Å²) in [5.41, 5.74) is -0.135. The van der Waals surface area contributed by atoms with Gasteiger partial charge in [0.2, 0.25) is 0 Å². The van der Waals surface area contributed by atoms with Crippen molar-refractivity contribution in [2.75, 3.05) is 13.1 Å². The first-order chi connectivity index (χ1) is 7.49. The Labute approximate surface area is 97.8 Å². The summed E-state index contributed by atoms with van der Waals surface area (Å²) in [7, 11) is 0. The molecule has 1 N–H and O–H groups in total. The fourth-order valence-corrected chi connectivity index (χ4v) is 2.55. The van der Waals surface area contributed by atoms with Crippen molar-refractivity contribution in [3.63, 3.8) is 0 Å². The van der Waals surface area contributed by atoms with Gasteiger partial charge in [-0.15, -0.1) is 11.8 Å². The fraction of sp³-hybridized carbons (Fsp3) is 0.769. The summed E-state index contributed by atoms with van der Waals surface area (Å²) in [6.45, 7) is 7.55. The Balaban J connectivity index is 2.71. The predicted octanol–water partition coefficient (Wildman–Crippen LogP) is 1.98. The Morgan fingerprint density at radius 2 is 2.25 bits per heavy atom. The molecule has 0 saturated carbocycles. The Bertz CT molecular complexity index is 312. The molecule has 0 amide bonds. The number of carbonyl (C=O) groups is 1. The number of carboxylic acids is 1. The zero-order valence-corrected chi connectivity index (χ0v) is 10.4. The topological polar surface area (TPSA) is 40.5 Å². The van der Waals surface area contributed by atoms with Crippen molar-refractivity contribution in [2.24, 2.45) is 5.41 Å². The highest BCUT2D eigenvalue weighted by Crippen LogP contribution is 2.35. The van der Waals surface area contributed by atoms with Crippen molar-refractivity contribution >= 4 is 5.97 Å². The van der Waals surface area contributed by atoms with Crippen LogP contribution in [0.2, 0.25) is 0 Å². The SMILES string of the molecule is CC#CCCN1CCCC(C)(C)C1C(=O)O. The summed E-state index contributed by atoms with van der Waals surface area (Å²) < 4.78 is 0. The minimum atomic E-state index is -0.700. The van der Waals surface area contributed by atoms with Crippen LogP contribution in [-0.4, -0.2) is 35.1 Å². The van der Waals surface area contributed by atoms with Crippen LogP contribution in [0.15, 0.2) is 0 Å². The van der Waals surface area contributed by atoms with E-state index in [1.807, 2.05) is 20.8 Å². The number of nitrogens with zero attached hydrogens (tertiary/aromatic N) is 1. The molecule has 0 aromatic rings. The molecule has 0 aliphatic carbocycles. The van der Waals surface area contributed by atoms with Gasteiger partial charge in [-0.3, -0.25) is 9.69 Å². The third-order valence-corrected chi connectivity index (χ3v) is 3.31. The highest BCUT2D eigenvalue weighted by Gasteiger charge is 2.41. The number of hydrogen-bond donors (Lipinski definition) is 1. The van der Waals surface area contributed by atoms with Gasteiger partial charge < -0.3 is 5.11 Å². The molecule has 1 atom stereocenters. The van der Waals surface area contributed by atoms with Gasteiger partial charge in [0.1, 0.15) is 6.04 Å². The van der Waals surface area contributed by atoms with E-state index in [-0.39, 0.29) is 11.5 Å². The van der Waals surface area contributed by atoms with E-state index in [0.717, 1.165) is 32.4 Å². The average Bonchev–Trinajstić information content (AvgIpc) is 2.16. The summed E-state index contributed by atoms with van der Waals surface area (Å²) in [4.78, 5) is 13.4. The monoisotopic (exact) mass is 223 g/mol. The average molecular weight is 223 g/mol. The van der Waals surface area contributed by atoms with Gasteiger partial charge >= 0.3 is 5.97 Å². The largest absolute Gasteiger partial charge is 0.480 e. The summed E-state index contributed by atoms with van der Waals surface area (Å²) in [5.74, 6) is 5.15. The van der Waals surface area contributed by atoms with Crippen molar-refractivity contribution in [3.05, 3.63) is 0 Å². The van der Waals surface area contributed by atoms with Gasteiger partial charge in [0.25, 0.3) is 0 Å². The number of hydrogen-bond acceptors (Lipinski definition) is 2. The van der Waals surface area contributed by atoms with Crippen LogP contribution < -0.4 is 0 Å². The third kappa shape index (κ3) is 2.99. The van der Waals surface area contributed by atoms with E-state index < -0.39 is 5.97 Å². The zero-order chi connectivity index (χ0) is 12.2. The van der Waals surface area contributed by atoms with Crippen LogP contribution in [0.5, 0.6) is 0 Å². The Morgan fingerprint density at radius 1 is 1.56 bits per heavy atom. The highest BCUT2D eigenvalue weighted by atomic mass is 16.4. The lowest BCUT2D eigenvalue weighted by molar-refractivity contribution is -0.150. The Morgan fingerprint density at radius 3 is 2.81 bits per heavy atom. The van der Waals surface area contributed by atoms with Crippen molar-refractivity contribution < 1.29 is 9.90 Å². The maximum atomic E-state index is 11.3.